The van der Waals surface area contributed by atoms with Gasteiger partial charge in [-0.2, -0.15) is 0 Å². The van der Waals surface area contributed by atoms with Crippen LogP contribution in [-0.4, -0.2) is 41.4 Å². The van der Waals surface area contributed by atoms with E-state index < -0.39 is 22.8 Å². The van der Waals surface area contributed by atoms with E-state index in [2.05, 4.69) is 16.0 Å². The number of nitro benzene ring substituents is 1. The number of likely N-dealkylation sites (N-methyl/N-ethyl adjacent to an activating group) is 1. The van der Waals surface area contributed by atoms with Crippen LogP contribution in [0.1, 0.15) is 6.42 Å². The topological polar surface area (TPSA) is 151 Å². The molecule has 0 saturated heterocycles. The first-order chi connectivity index (χ1) is 13.8. The summed E-state index contributed by atoms with van der Waals surface area (Å²) in [7, 11) is 1.54. The fourth-order valence-electron chi connectivity index (χ4n) is 2.01. The fourth-order valence-corrected chi connectivity index (χ4v) is 2.14. The lowest BCUT2D eigenvalue weighted by Gasteiger charge is -2.13. The highest BCUT2D eigenvalue weighted by Gasteiger charge is 2.19. The molecule has 2 rings (SSSR count). The van der Waals surface area contributed by atoms with Crippen LogP contribution in [0.4, 0.5) is 17.1 Å². The van der Waals surface area contributed by atoms with Crippen LogP contribution in [0, 0.1) is 10.1 Å². The van der Waals surface area contributed by atoms with Gasteiger partial charge in [0.05, 0.1) is 17.4 Å². The smallest absolute Gasteiger partial charge is 0.305 e. The van der Waals surface area contributed by atoms with Crippen molar-refractivity contribution in [2.24, 2.45) is 0 Å². The number of amides is 2. The van der Waals surface area contributed by atoms with E-state index in [1.807, 2.05) is 0 Å². The van der Waals surface area contributed by atoms with E-state index in [-0.39, 0.29) is 12.1 Å². The molecule has 0 aliphatic rings. The SMILES string of the molecule is CN[C@@H](CC(=O)O)C(=O)Nc1ccc(Cl)cc1.O=CNc1ccc([N+](=O)[O-])cc1. The maximum absolute atomic E-state index is 11.7. The second kappa shape index (κ2) is 12.1. The molecule has 0 aromatic heterocycles. The minimum absolute atomic E-state index is 0.00597. The first-order valence-electron chi connectivity index (χ1n) is 8.17. The van der Waals surface area contributed by atoms with Crippen LogP contribution in [0.25, 0.3) is 0 Å². The Balaban J connectivity index is 0.000000308. The van der Waals surface area contributed by atoms with Crippen molar-refractivity contribution in [3.63, 3.8) is 0 Å². The fraction of sp³-hybridized carbons (Fsp3) is 0.167. The van der Waals surface area contributed by atoms with Crippen molar-refractivity contribution in [1.29, 1.82) is 0 Å². The first-order valence-corrected chi connectivity index (χ1v) is 8.54. The molecule has 0 aliphatic heterocycles. The van der Waals surface area contributed by atoms with Gasteiger partial charge in [0.2, 0.25) is 12.3 Å². The van der Waals surface area contributed by atoms with Gasteiger partial charge in [0, 0.05) is 28.5 Å². The molecular weight excluding hydrogens is 404 g/mol. The van der Waals surface area contributed by atoms with Crippen molar-refractivity contribution in [3.8, 4) is 0 Å². The van der Waals surface area contributed by atoms with Crippen molar-refractivity contribution in [2.75, 3.05) is 17.7 Å². The molecule has 0 fully saturated rings. The van der Waals surface area contributed by atoms with Gasteiger partial charge in [-0.15, -0.1) is 0 Å². The Morgan fingerprint density at radius 2 is 1.69 bits per heavy atom. The molecule has 0 aliphatic carbocycles. The first kappa shape index (κ1) is 23.5. The van der Waals surface area contributed by atoms with Gasteiger partial charge in [-0.05, 0) is 43.4 Å². The predicted octanol–water partition coefficient (Wildman–Crippen LogP) is 2.50. The third-order valence-electron chi connectivity index (χ3n) is 3.46. The predicted molar refractivity (Wildman–Crippen MR) is 108 cm³/mol. The zero-order valence-corrected chi connectivity index (χ0v) is 16.1. The quantitative estimate of drug-likeness (QED) is 0.290. The number of non-ortho nitro benzene ring substituents is 1. The molecule has 29 heavy (non-hydrogen) atoms. The van der Waals surface area contributed by atoms with Crippen LogP contribution in [0.15, 0.2) is 48.5 Å². The number of nitro groups is 1. The number of carboxylic acid groups (broad SMARTS) is 1. The normalized spacial score (nSPS) is 10.7. The molecule has 154 valence electrons. The maximum Gasteiger partial charge on any atom is 0.305 e. The van der Waals surface area contributed by atoms with Crippen LogP contribution >= 0.6 is 11.6 Å². The summed E-state index contributed by atoms with van der Waals surface area (Å²) in [5.41, 5.74) is 1.12. The van der Waals surface area contributed by atoms with Gasteiger partial charge >= 0.3 is 5.97 Å². The lowest BCUT2D eigenvalue weighted by Crippen LogP contribution is -2.40. The number of hydrogen-bond acceptors (Lipinski definition) is 6. The zero-order valence-electron chi connectivity index (χ0n) is 15.3. The van der Waals surface area contributed by atoms with Crippen molar-refractivity contribution >= 4 is 46.9 Å². The van der Waals surface area contributed by atoms with E-state index in [0.29, 0.717) is 22.8 Å². The lowest BCUT2D eigenvalue weighted by atomic mass is 10.2. The van der Waals surface area contributed by atoms with E-state index in [9.17, 15) is 24.5 Å². The number of carboxylic acids is 1. The molecule has 10 nitrogen and oxygen atoms in total. The highest BCUT2D eigenvalue weighted by molar-refractivity contribution is 6.30. The molecule has 4 N–H and O–H groups in total. The van der Waals surface area contributed by atoms with Crippen LogP contribution in [-0.2, 0) is 14.4 Å². The minimum Gasteiger partial charge on any atom is -0.481 e. The van der Waals surface area contributed by atoms with Crippen LogP contribution in [0.3, 0.4) is 0 Å². The Morgan fingerprint density at radius 3 is 2.14 bits per heavy atom. The Kier molecular flexibility index (Phi) is 9.79. The molecule has 2 aromatic carbocycles. The lowest BCUT2D eigenvalue weighted by molar-refractivity contribution is -0.384. The molecule has 0 heterocycles. The minimum atomic E-state index is -1.03. The summed E-state index contributed by atoms with van der Waals surface area (Å²) in [6.07, 6.45) is 0.247. The summed E-state index contributed by atoms with van der Waals surface area (Å²) >= 11 is 5.70. The summed E-state index contributed by atoms with van der Waals surface area (Å²) in [5, 5.41) is 27.0. The van der Waals surface area contributed by atoms with Gasteiger partial charge in [-0.1, -0.05) is 11.6 Å². The Bertz CT molecular complexity index is 842. The summed E-state index contributed by atoms with van der Waals surface area (Å²) in [6.45, 7) is 0. The number of carbonyl (C=O) groups is 3. The molecule has 11 heteroatoms. The molecule has 0 bridgehead atoms. The number of nitrogens with one attached hydrogen (secondary N) is 3. The number of carbonyl (C=O) groups excluding carboxylic acids is 2. The Labute approximate surface area is 171 Å². The highest BCUT2D eigenvalue weighted by atomic mass is 35.5. The number of anilines is 2. The van der Waals surface area contributed by atoms with Gasteiger partial charge in [-0.25, -0.2) is 0 Å². The molecule has 2 aromatic rings. The largest absolute Gasteiger partial charge is 0.481 e. The van der Waals surface area contributed by atoms with Gasteiger partial charge < -0.3 is 21.1 Å². The van der Waals surface area contributed by atoms with E-state index in [1.54, 1.807) is 24.3 Å². The van der Waals surface area contributed by atoms with Crippen LogP contribution < -0.4 is 16.0 Å². The van der Waals surface area contributed by atoms with Gasteiger partial charge in [0.15, 0.2) is 0 Å². The number of nitrogens with zero attached hydrogens (tertiary/aromatic N) is 1. The Hall–Kier alpha value is -3.50. The van der Waals surface area contributed by atoms with E-state index >= 15 is 0 Å². The van der Waals surface area contributed by atoms with E-state index in [1.165, 1.54) is 31.3 Å². The van der Waals surface area contributed by atoms with E-state index in [0.717, 1.165) is 0 Å². The standard InChI is InChI=1S/C11H13ClN2O3.C7H6N2O3/c1-13-9(6-10(15)16)11(17)14-8-4-2-7(12)3-5-8;10-5-8-6-1-3-7(4-2-6)9(11)12/h2-5,9,13H,6H2,1H3,(H,14,17)(H,15,16);1-5H,(H,8,10)/t9-;/m0./s1. The third-order valence-corrected chi connectivity index (χ3v) is 3.71. The van der Waals surface area contributed by atoms with Crippen molar-refractivity contribution < 1.29 is 24.4 Å². The van der Waals surface area contributed by atoms with Crippen LogP contribution in [0.2, 0.25) is 5.02 Å². The second-order valence-corrected chi connectivity index (χ2v) is 5.94. The average Bonchev–Trinajstić information content (AvgIpc) is 2.69. The Morgan fingerprint density at radius 1 is 1.14 bits per heavy atom. The molecule has 1 atom stereocenters. The van der Waals surface area contributed by atoms with Crippen molar-refractivity contribution in [1.82, 2.24) is 5.32 Å². The number of aliphatic carboxylic acids is 1. The molecule has 0 spiro atoms. The number of halogens is 1. The summed E-state index contributed by atoms with van der Waals surface area (Å²) in [5.74, 6) is -1.42. The number of rotatable bonds is 8. The summed E-state index contributed by atoms with van der Waals surface area (Å²) in [4.78, 5) is 41.9. The number of hydrogen-bond donors (Lipinski definition) is 4. The molecule has 0 unspecified atom stereocenters. The highest BCUT2D eigenvalue weighted by Crippen LogP contribution is 2.15. The summed E-state index contributed by atoms with van der Waals surface area (Å²) in [6, 6.07) is 11.4. The van der Waals surface area contributed by atoms with Crippen molar-refractivity contribution in [2.45, 2.75) is 12.5 Å². The monoisotopic (exact) mass is 422 g/mol. The summed E-state index contributed by atoms with van der Waals surface area (Å²) < 4.78 is 0. The molecular formula is C18H19ClN4O6. The van der Waals surface area contributed by atoms with Gasteiger partial charge in [0.25, 0.3) is 5.69 Å². The third kappa shape index (κ3) is 8.82. The average molecular weight is 423 g/mol. The number of benzene rings is 2. The van der Waals surface area contributed by atoms with Crippen molar-refractivity contribution in [3.05, 3.63) is 63.7 Å². The maximum atomic E-state index is 11.7. The molecule has 2 amide bonds. The second-order valence-electron chi connectivity index (χ2n) is 5.50. The van der Waals surface area contributed by atoms with Crippen LogP contribution in [0.5, 0.6) is 0 Å². The molecule has 0 saturated carbocycles. The zero-order chi connectivity index (χ0) is 21.8. The molecule has 0 radical (unpaired) electrons. The van der Waals surface area contributed by atoms with E-state index in [4.69, 9.17) is 16.7 Å². The van der Waals surface area contributed by atoms with Gasteiger partial charge in [-0.3, -0.25) is 24.5 Å². The van der Waals surface area contributed by atoms with Gasteiger partial charge in [0.1, 0.15) is 0 Å².